The summed E-state index contributed by atoms with van der Waals surface area (Å²) < 4.78 is 5.92. The highest BCUT2D eigenvalue weighted by Gasteiger charge is 2.24. The Hall–Kier alpha value is -2.38. The predicted molar refractivity (Wildman–Crippen MR) is 91.0 cm³/mol. The summed E-state index contributed by atoms with van der Waals surface area (Å²) in [7, 11) is 2.05. The van der Waals surface area contributed by atoms with Gasteiger partial charge in [0.05, 0.1) is 0 Å². The lowest BCUT2D eigenvalue weighted by atomic mass is 10.2. The van der Waals surface area contributed by atoms with Gasteiger partial charge in [0.15, 0.2) is 11.4 Å². The van der Waals surface area contributed by atoms with E-state index < -0.39 is 5.97 Å². The van der Waals surface area contributed by atoms with Gasteiger partial charge in [-0.25, -0.2) is 14.8 Å². The second-order valence-corrected chi connectivity index (χ2v) is 6.32. The van der Waals surface area contributed by atoms with Crippen LogP contribution in [0.2, 0.25) is 5.02 Å². The van der Waals surface area contributed by atoms with Crippen molar-refractivity contribution in [3.63, 3.8) is 0 Å². The first kappa shape index (κ1) is 15.2. The molecule has 3 aromatic rings. The normalized spacial score (nSPS) is 16.2. The van der Waals surface area contributed by atoms with E-state index in [1.165, 1.54) is 0 Å². The van der Waals surface area contributed by atoms with Crippen molar-refractivity contribution in [2.75, 3.05) is 38.1 Å². The molecule has 0 aliphatic carbocycles. The predicted octanol–water partition coefficient (Wildman–Crippen LogP) is 2.48. The van der Waals surface area contributed by atoms with Gasteiger partial charge in [-0.1, -0.05) is 11.6 Å². The summed E-state index contributed by atoms with van der Waals surface area (Å²) in [5.74, 6) is -0.874. The summed E-state index contributed by atoms with van der Waals surface area (Å²) in [6, 6.07) is 5.22. The summed E-state index contributed by atoms with van der Waals surface area (Å²) in [4.78, 5) is 24.1. The Morgan fingerprint density at radius 1 is 1.25 bits per heavy atom. The molecule has 1 aliphatic rings. The number of carboxylic acids is 1. The average Bonchev–Trinajstić information content (AvgIpc) is 2.92. The molecule has 1 aliphatic heterocycles. The smallest absolute Gasteiger partial charge is 0.374 e. The Labute approximate surface area is 142 Å². The number of rotatable bonds is 2. The monoisotopic (exact) mass is 346 g/mol. The van der Waals surface area contributed by atoms with Gasteiger partial charge in [0.2, 0.25) is 5.82 Å². The van der Waals surface area contributed by atoms with Crippen LogP contribution in [0.3, 0.4) is 0 Å². The molecule has 0 amide bonds. The van der Waals surface area contributed by atoms with E-state index in [9.17, 15) is 9.90 Å². The Balaban J connectivity index is 1.97. The van der Waals surface area contributed by atoms with Gasteiger partial charge in [-0.3, -0.25) is 0 Å². The molecule has 1 N–H and O–H groups in total. The van der Waals surface area contributed by atoms with Gasteiger partial charge in [0, 0.05) is 36.6 Å². The molecule has 4 rings (SSSR count). The van der Waals surface area contributed by atoms with Crippen LogP contribution in [0.4, 0.5) is 5.82 Å². The van der Waals surface area contributed by atoms with Crippen LogP contribution in [0.25, 0.3) is 22.1 Å². The van der Waals surface area contributed by atoms with Gasteiger partial charge in [-0.15, -0.1) is 0 Å². The Kier molecular flexibility index (Phi) is 3.54. The topological polar surface area (TPSA) is 82.7 Å². The third-order valence-corrected chi connectivity index (χ3v) is 4.49. The van der Waals surface area contributed by atoms with Crippen LogP contribution in [-0.2, 0) is 0 Å². The van der Waals surface area contributed by atoms with E-state index in [0.29, 0.717) is 32.9 Å². The number of furan rings is 1. The van der Waals surface area contributed by atoms with Crippen LogP contribution >= 0.6 is 11.6 Å². The fraction of sp³-hybridized carbons (Fsp3) is 0.312. The van der Waals surface area contributed by atoms with Crippen LogP contribution in [0.5, 0.6) is 0 Å². The number of benzene rings is 1. The van der Waals surface area contributed by atoms with E-state index in [2.05, 4.69) is 21.9 Å². The van der Waals surface area contributed by atoms with E-state index in [1.54, 1.807) is 18.2 Å². The number of halogens is 1. The standard InChI is InChI=1S/C16H15ClN4O3/c1-20-4-6-21(7-5-20)15-13-12(18-14(19-15)16(22)23)10-8-9(17)2-3-11(10)24-13/h2-3,8H,4-7H2,1H3,(H,22,23). The number of carboxylic acid groups (broad SMARTS) is 1. The quantitative estimate of drug-likeness (QED) is 0.763. The number of likely N-dealkylation sites (N-methyl/N-ethyl adjacent to an activating group) is 1. The molecule has 124 valence electrons. The third kappa shape index (κ3) is 2.46. The summed E-state index contributed by atoms with van der Waals surface area (Å²) in [6.45, 7) is 3.25. The highest BCUT2D eigenvalue weighted by molar-refractivity contribution is 6.31. The SMILES string of the molecule is CN1CCN(c2nc(C(=O)O)nc3c2oc2ccc(Cl)cc23)CC1. The van der Waals surface area contributed by atoms with Crippen LogP contribution in [0.1, 0.15) is 10.6 Å². The molecule has 1 fully saturated rings. The molecule has 0 unspecified atom stereocenters. The number of aromatic carboxylic acids is 1. The number of nitrogens with zero attached hydrogens (tertiary/aromatic N) is 4. The molecule has 0 spiro atoms. The summed E-state index contributed by atoms with van der Waals surface area (Å²) in [5, 5.41) is 10.6. The number of hydrogen-bond acceptors (Lipinski definition) is 6. The number of piperazine rings is 1. The van der Waals surface area contributed by atoms with Crippen molar-refractivity contribution < 1.29 is 14.3 Å². The zero-order valence-corrected chi connectivity index (χ0v) is 13.7. The zero-order valence-electron chi connectivity index (χ0n) is 13.0. The number of hydrogen-bond donors (Lipinski definition) is 1. The second-order valence-electron chi connectivity index (χ2n) is 5.89. The van der Waals surface area contributed by atoms with Gasteiger partial charge in [-0.05, 0) is 25.2 Å². The molecule has 0 bridgehead atoms. The van der Waals surface area contributed by atoms with Crippen molar-refractivity contribution in [1.29, 1.82) is 0 Å². The minimum Gasteiger partial charge on any atom is -0.475 e. The highest BCUT2D eigenvalue weighted by atomic mass is 35.5. The molecule has 0 radical (unpaired) electrons. The Morgan fingerprint density at radius 2 is 2.00 bits per heavy atom. The van der Waals surface area contributed by atoms with Crippen molar-refractivity contribution in [3.05, 3.63) is 29.0 Å². The molecule has 3 heterocycles. The van der Waals surface area contributed by atoms with Gasteiger partial charge in [0.25, 0.3) is 0 Å². The van der Waals surface area contributed by atoms with Crippen molar-refractivity contribution in [2.45, 2.75) is 0 Å². The van der Waals surface area contributed by atoms with Crippen molar-refractivity contribution in [1.82, 2.24) is 14.9 Å². The number of carbonyl (C=O) groups is 1. The van der Waals surface area contributed by atoms with Crippen molar-refractivity contribution >= 4 is 45.5 Å². The van der Waals surface area contributed by atoms with E-state index in [4.69, 9.17) is 16.0 Å². The van der Waals surface area contributed by atoms with Gasteiger partial charge in [-0.2, -0.15) is 0 Å². The lowest BCUT2D eigenvalue weighted by molar-refractivity contribution is 0.0684. The average molecular weight is 347 g/mol. The molecular weight excluding hydrogens is 332 g/mol. The first-order chi connectivity index (χ1) is 11.5. The van der Waals surface area contributed by atoms with Gasteiger partial charge in [0.1, 0.15) is 11.1 Å². The summed E-state index contributed by atoms with van der Waals surface area (Å²) in [5.41, 5.74) is 1.59. The lowest BCUT2D eigenvalue weighted by Gasteiger charge is -2.33. The van der Waals surface area contributed by atoms with Gasteiger partial charge >= 0.3 is 5.97 Å². The van der Waals surface area contributed by atoms with Crippen LogP contribution in [0, 0.1) is 0 Å². The number of fused-ring (bicyclic) bond motifs is 3. The maximum atomic E-state index is 11.4. The summed E-state index contributed by atoms with van der Waals surface area (Å²) in [6.07, 6.45) is 0. The van der Waals surface area contributed by atoms with Crippen LogP contribution in [0.15, 0.2) is 22.6 Å². The summed E-state index contributed by atoms with van der Waals surface area (Å²) >= 11 is 6.07. The number of anilines is 1. The fourth-order valence-corrected chi connectivity index (χ4v) is 3.10. The molecule has 1 saturated heterocycles. The minimum absolute atomic E-state index is 0.237. The first-order valence-electron chi connectivity index (χ1n) is 7.59. The second kappa shape index (κ2) is 5.61. The third-order valence-electron chi connectivity index (χ3n) is 4.25. The fourth-order valence-electron chi connectivity index (χ4n) is 2.93. The first-order valence-corrected chi connectivity index (χ1v) is 7.97. The van der Waals surface area contributed by atoms with E-state index >= 15 is 0 Å². The molecule has 1 aromatic carbocycles. The maximum Gasteiger partial charge on any atom is 0.374 e. The van der Waals surface area contributed by atoms with E-state index in [-0.39, 0.29) is 5.82 Å². The molecule has 2 aromatic heterocycles. The maximum absolute atomic E-state index is 11.4. The number of aromatic nitrogens is 2. The molecule has 7 nitrogen and oxygen atoms in total. The Morgan fingerprint density at radius 3 is 2.71 bits per heavy atom. The van der Waals surface area contributed by atoms with Crippen molar-refractivity contribution in [3.8, 4) is 0 Å². The largest absolute Gasteiger partial charge is 0.475 e. The van der Waals surface area contributed by atoms with Crippen molar-refractivity contribution in [2.24, 2.45) is 0 Å². The molecule has 24 heavy (non-hydrogen) atoms. The molecular formula is C16H15ClN4O3. The highest BCUT2D eigenvalue weighted by Crippen LogP contribution is 2.34. The zero-order chi connectivity index (χ0) is 16.8. The van der Waals surface area contributed by atoms with Gasteiger partial charge < -0.3 is 19.3 Å². The van der Waals surface area contributed by atoms with Crippen LogP contribution < -0.4 is 4.90 Å². The van der Waals surface area contributed by atoms with E-state index in [1.807, 2.05) is 4.90 Å². The molecule has 8 heteroatoms. The Bertz CT molecular complexity index is 947. The van der Waals surface area contributed by atoms with Crippen LogP contribution in [-0.4, -0.2) is 59.2 Å². The van der Waals surface area contributed by atoms with E-state index in [0.717, 1.165) is 26.2 Å². The molecule has 0 atom stereocenters. The minimum atomic E-state index is -1.16. The lowest BCUT2D eigenvalue weighted by Crippen LogP contribution is -2.45. The molecule has 0 saturated carbocycles.